The minimum atomic E-state index is 0.0750. The highest BCUT2D eigenvalue weighted by atomic mass is 32.2. The zero-order valence-corrected chi connectivity index (χ0v) is 14.7. The van der Waals surface area contributed by atoms with Crippen molar-refractivity contribution in [3.8, 4) is 0 Å². The van der Waals surface area contributed by atoms with Crippen molar-refractivity contribution in [3.63, 3.8) is 0 Å². The number of nitrogens with two attached hydrogens (primary N) is 1. The predicted octanol–water partition coefficient (Wildman–Crippen LogP) is 2.80. The summed E-state index contributed by atoms with van der Waals surface area (Å²) in [5.74, 6) is 0.803. The second kappa shape index (κ2) is 6.90. The molecule has 2 N–H and O–H groups in total. The van der Waals surface area contributed by atoms with E-state index in [2.05, 4.69) is 4.98 Å². The summed E-state index contributed by atoms with van der Waals surface area (Å²) in [5, 5.41) is 0. The number of benzene rings is 1. The molecule has 1 aliphatic heterocycles. The lowest BCUT2D eigenvalue weighted by Crippen LogP contribution is -2.32. The highest BCUT2D eigenvalue weighted by molar-refractivity contribution is 7.98. The van der Waals surface area contributed by atoms with Gasteiger partial charge in [-0.2, -0.15) is 0 Å². The number of carbonyl (C=O) groups is 1. The molecule has 1 aliphatic rings. The van der Waals surface area contributed by atoms with Gasteiger partial charge in [-0.05, 0) is 30.7 Å². The van der Waals surface area contributed by atoms with Gasteiger partial charge in [0.15, 0.2) is 0 Å². The normalized spacial score (nSPS) is 17.3. The minimum absolute atomic E-state index is 0.0750. The fourth-order valence-corrected chi connectivity index (χ4v) is 4.05. The van der Waals surface area contributed by atoms with Gasteiger partial charge in [-0.15, -0.1) is 11.8 Å². The van der Waals surface area contributed by atoms with Gasteiger partial charge in [-0.25, -0.2) is 4.98 Å². The van der Waals surface area contributed by atoms with Crippen molar-refractivity contribution in [1.82, 2.24) is 14.3 Å². The van der Waals surface area contributed by atoms with Crippen molar-refractivity contribution >= 4 is 23.3 Å². The van der Waals surface area contributed by atoms with Crippen LogP contribution in [-0.2, 0) is 5.75 Å². The number of nitrogens with zero attached hydrogens (tertiary/aromatic N) is 3. The molecule has 0 bridgehead atoms. The molecule has 1 amide bonds. The Labute approximate surface area is 150 Å². The summed E-state index contributed by atoms with van der Waals surface area (Å²) in [6.45, 7) is 1.38. The Hall–Kier alpha value is -2.31. The van der Waals surface area contributed by atoms with Crippen LogP contribution in [0.5, 0.6) is 0 Å². The molecule has 3 heterocycles. The molecule has 128 valence electrons. The molecule has 0 unspecified atom stereocenters. The van der Waals surface area contributed by atoms with E-state index >= 15 is 0 Å². The maximum absolute atomic E-state index is 12.8. The quantitative estimate of drug-likeness (QED) is 0.734. The van der Waals surface area contributed by atoms with E-state index in [0.717, 1.165) is 40.5 Å². The van der Waals surface area contributed by atoms with Gasteiger partial charge in [0.1, 0.15) is 5.65 Å². The summed E-state index contributed by atoms with van der Waals surface area (Å²) in [6, 6.07) is 13.8. The summed E-state index contributed by atoms with van der Waals surface area (Å²) in [5.41, 5.74) is 8.64. The maximum atomic E-state index is 12.8. The van der Waals surface area contributed by atoms with Crippen LogP contribution >= 0.6 is 11.8 Å². The molecule has 2 aromatic heterocycles. The Morgan fingerprint density at radius 1 is 1.24 bits per heavy atom. The average molecular weight is 352 g/mol. The second-order valence-corrected chi connectivity index (χ2v) is 7.30. The number of aromatic nitrogens is 2. The van der Waals surface area contributed by atoms with Crippen LogP contribution in [0.25, 0.3) is 5.65 Å². The Balaban J connectivity index is 1.51. The number of amides is 1. The maximum Gasteiger partial charge on any atom is 0.255 e. The Morgan fingerprint density at radius 2 is 2.08 bits per heavy atom. The second-order valence-electron chi connectivity index (χ2n) is 6.28. The molecular weight excluding hydrogens is 332 g/mol. The molecule has 3 aromatic rings. The van der Waals surface area contributed by atoms with Crippen LogP contribution in [0.4, 0.5) is 0 Å². The highest BCUT2D eigenvalue weighted by Crippen LogP contribution is 2.28. The monoisotopic (exact) mass is 352 g/mol. The Morgan fingerprint density at radius 3 is 2.88 bits per heavy atom. The van der Waals surface area contributed by atoms with E-state index in [9.17, 15) is 4.79 Å². The van der Waals surface area contributed by atoms with Crippen molar-refractivity contribution in [3.05, 3.63) is 66.1 Å². The number of imidazole rings is 1. The number of hydrogen-bond acceptors (Lipinski definition) is 4. The first-order valence-corrected chi connectivity index (χ1v) is 9.38. The van der Waals surface area contributed by atoms with E-state index in [0.29, 0.717) is 6.54 Å². The molecule has 6 heteroatoms. The van der Waals surface area contributed by atoms with Crippen molar-refractivity contribution in [1.29, 1.82) is 0 Å². The summed E-state index contributed by atoms with van der Waals surface area (Å²) >= 11 is 1.65. The van der Waals surface area contributed by atoms with Gasteiger partial charge in [-0.3, -0.25) is 4.79 Å². The van der Waals surface area contributed by atoms with E-state index in [1.54, 1.807) is 11.8 Å². The van der Waals surface area contributed by atoms with E-state index in [-0.39, 0.29) is 11.9 Å². The van der Waals surface area contributed by atoms with Crippen molar-refractivity contribution in [2.24, 2.45) is 5.73 Å². The third kappa shape index (κ3) is 3.41. The van der Waals surface area contributed by atoms with E-state index in [1.807, 2.05) is 64.2 Å². The molecule has 4 rings (SSSR count). The zero-order chi connectivity index (χ0) is 17.2. The van der Waals surface area contributed by atoms with Gasteiger partial charge in [-0.1, -0.05) is 18.2 Å². The smallest absolute Gasteiger partial charge is 0.255 e. The Kier molecular flexibility index (Phi) is 4.46. The zero-order valence-electron chi connectivity index (χ0n) is 13.8. The number of carbonyl (C=O) groups excluding carboxylic acids is 1. The van der Waals surface area contributed by atoms with Crippen LogP contribution in [0, 0.1) is 0 Å². The number of thioether (sulfide) groups is 1. The standard InChI is InChI=1S/C19H20N4OS/c20-14-8-10-23(11-14)19(24)16-5-1-2-6-17(16)25-13-15-12-22-9-4-3-7-18(22)21-15/h1-7,9,12,14H,8,10-11,13,20H2/t14-/m1/s1. The number of hydrogen-bond donors (Lipinski definition) is 1. The van der Waals surface area contributed by atoms with Crippen LogP contribution in [0.15, 0.2) is 59.8 Å². The molecule has 0 saturated carbocycles. The average Bonchev–Trinajstić information content (AvgIpc) is 3.25. The first-order chi connectivity index (χ1) is 12.2. The van der Waals surface area contributed by atoms with Gasteiger partial charge in [0.2, 0.25) is 0 Å². The summed E-state index contributed by atoms with van der Waals surface area (Å²) < 4.78 is 2.01. The third-order valence-electron chi connectivity index (χ3n) is 4.42. The summed E-state index contributed by atoms with van der Waals surface area (Å²) in [4.78, 5) is 20.3. The fraction of sp³-hybridized carbons (Fsp3) is 0.263. The van der Waals surface area contributed by atoms with Gasteiger partial charge in [0, 0.05) is 42.2 Å². The SMILES string of the molecule is N[C@@H]1CCN(C(=O)c2ccccc2SCc2cn3ccccc3n2)C1. The minimum Gasteiger partial charge on any atom is -0.337 e. The highest BCUT2D eigenvalue weighted by Gasteiger charge is 2.25. The van der Waals surface area contributed by atoms with Crippen LogP contribution < -0.4 is 5.73 Å². The number of likely N-dealkylation sites (tertiary alicyclic amines) is 1. The van der Waals surface area contributed by atoms with Gasteiger partial charge in [0.25, 0.3) is 5.91 Å². The summed E-state index contributed by atoms with van der Waals surface area (Å²) in [7, 11) is 0. The molecule has 0 spiro atoms. The van der Waals surface area contributed by atoms with Crippen LogP contribution in [0.2, 0.25) is 0 Å². The van der Waals surface area contributed by atoms with Crippen LogP contribution in [0.3, 0.4) is 0 Å². The van der Waals surface area contributed by atoms with Crippen molar-refractivity contribution < 1.29 is 4.79 Å². The molecule has 1 saturated heterocycles. The molecular formula is C19H20N4OS. The lowest BCUT2D eigenvalue weighted by molar-refractivity contribution is 0.0787. The molecule has 1 fully saturated rings. The third-order valence-corrected chi connectivity index (χ3v) is 5.53. The number of pyridine rings is 1. The lowest BCUT2D eigenvalue weighted by Gasteiger charge is -2.17. The molecule has 1 aromatic carbocycles. The lowest BCUT2D eigenvalue weighted by atomic mass is 10.2. The molecule has 0 aliphatic carbocycles. The van der Waals surface area contributed by atoms with Gasteiger partial charge in [0.05, 0.1) is 11.3 Å². The predicted molar refractivity (Wildman–Crippen MR) is 99.7 cm³/mol. The number of rotatable bonds is 4. The van der Waals surface area contributed by atoms with Crippen LogP contribution in [0.1, 0.15) is 22.5 Å². The van der Waals surface area contributed by atoms with Crippen LogP contribution in [-0.4, -0.2) is 39.3 Å². The molecule has 1 atom stereocenters. The van der Waals surface area contributed by atoms with E-state index < -0.39 is 0 Å². The number of fused-ring (bicyclic) bond motifs is 1. The van der Waals surface area contributed by atoms with Crippen molar-refractivity contribution in [2.45, 2.75) is 23.1 Å². The topological polar surface area (TPSA) is 63.6 Å². The van der Waals surface area contributed by atoms with E-state index in [4.69, 9.17) is 5.73 Å². The first-order valence-electron chi connectivity index (χ1n) is 8.40. The molecule has 5 nitrogen and oxygen atoms in total. The molecule has 25 heavy (non-hydrogen) atoms. The molecule has 0 radical (unpaired) electrons. The first kappa shape index (κ1) is 16.2. The fourth-order valence-electron chi connectivity index (χ4n) is 3.12. The summed E-state index contributed by atoms with van der Waals surface area (Å²) in [6.07, 6.45) is 4.90. The Bertz CT molecular complexity index is 874. The van der Waals surface area contributed by atoms with E-state index in [1.165, 1.54) is 0 Å². The van der Waals surface area contributed by atoms with Gasteiger partial charge >= 0.3 is 0 Å². The van der Waals surface area contributed by atoms with Crippen molar-refractivity contribution in [2.75, 3.05) is 13.1 Å². The largest absolute Gasteiger partial charge is 0.337 e. The van der Waals surface area contributed by atoms with Gasteiger partial charge < -0.3 is 15.0 Å².